The molecule has 2 aliphatic rings. The molecular weight excluding hydrogens is 592 g/mol. The van der Waals surface area contributed by atoms with E-state index in [2.05, 4.69) is 29.2 Å². The first-order valence-electron chi connectivity index (χ1n) is 13.8. The number of nitro benzene ring substituents is 3. The second-order valence-corrected chi connectivity index (χ2v) is 10.5. The molecule has 0 amide bonds. The van der Waals surface area contributed by atoms with Crippen LogP contribution < -0.4 is 18.9 Å². The number of fused-ring (bicyclic) bond motifs is 7. The SMILES string of the molecule is COc1cc2c3c(c4cc(OC)c(OC)cc4c2cc1OC)CN1CCCC1C3.O=[N+]([O-])c1cc([N+](=O)[O-])c(O)c([N+](=O)[O-])c1. The van der Waals surface area contributed by atoms with Crippen molar-refractivity contribution in [2.75, 3.05) is 35.0 Å². The average Bonchev–Trinajstić information content (AvgIpc) is 3.50. The largest absolute Gasteiger partial charge is 0.497 e. The summed E-state index contributed by atoms with van der Waals surface area (Å²) >= 11 is 0. The van der Waals surface area contributed by atoms with Gasteiger partial charge in [-0.05, 0) is 82.7 Å². The maximum atomic E-state index is 10.4. The lowest BCUT2D eigenvalue weighted by atomic mass is 9.85. The summed E-state index contributed by atoms with van der Waals surface area (Å²) in [6.07, 6.45) is 3.63. The Labute approximate surface area is 255 Å². The molecule has 15 nitrogen and oxygen atoms in total. The van der Waals surface area contributed by atoms with E-state index in [0.717, 1.165) is 41.3 Å². The number of hydrogen-bond donors (Lipinski definition) is 1. The Bertz CT molecular complexity index is 1740. The third kappa shape index (κ3) is 5.53. The summed E-state index contributed by atoms with van der Waals surface area (Å²) in [5.41, 5.74) is -0.166. The van der Waals surface area contributed by atoms with E-state index in [1.165, 1.54) is 46.7 Å². The number of phenols is 1. The lowest BCUT2D eigenvalue weighted by molar-refractivity contribution is -0.404. The Hall–Kier alpha value is -5.44. The first-order valence-corrected chi connectivity index (χ1v) is 13.8. The zero-order chi connectivity index (χ0) is 32.6. The van der Waals surface area contributed by atoms with Crippen molar-refractivity contribution in [1.82, 2.24) is 4.90 Å². The Morgan fingerprint density at radius 1 is 0.689 bits per heavy atom. The molecule has 4 aromatic carbocycles. The van der Waals surface area contributed by atoms with Crippen molar-refractivity contribution >= 4 is 38.6 Å². The number of aromatic hydroxyl groups is 1. The molecule has 45 heavy (non-hydrogen) atoms. The fourth-order valence-corrected chi connectivity index (χ4v) is 6.19. The monoisotopic (exact) mass is 622 g/mol. The molecule has 236 valence electrons. The number of rotatable bonds is 7. The lowest BCUT2D eigenvalue weighted by Gasteiger charge is -2.33. The molecule has 2 heterocycles. The van der Waals surface area contributed by atoms with E-state index < -0.39 is 37.6 Å². The van der Waals surface area contributed by atoms with Crippen molar-refractivity contribution < 1.29 is 38.8 Å². The van der Waals surface area contributed by atoms with E-state index in [4.69, 9.17) is 24.1 Å². The molecule has 0 aliphatic carbocycles. The molecule has 1 saturated heterocycles. The molecule has 4 aromatic rings. The van der Waals surface area contributed by atoms with Crippen LogP contribution in [0.15, 0.2) is 36.4 Å². The molecule has 6 rings (SSSR count). The standard InChI is InChI=1S/C24H27NO4.C6H3N3O7/c1-26-21-9-16-15-8-14-6-5-7-25(14)13-20(15)19-12-24(29-4)23(28-3)11-18(19)17(16)10-22(21)27-2;10-6-4(8(13)14)1-3(7(11)12)2-5(6)9(15)16/h9-12,14H,5-8,13H2,1-4H3;1-2,10H. The molecule has 0 radical (unpaired) electrons. The summed E-state index contributed by atoms with van der Waals surface area (Å²) in [6, 6.07) is 10.0. The van der Waals surface area contributed by atoms with E-state index in [9.17, 15) is 30.3 Å². The summed E-state index contributed by atoms with van der Waals surface area (Å²) in [5, 5.41) is 45.0. The number of nitro groups is 3. The van der Waals surface area contributed by atoms with E-state index in [1.54, 1.807) is 28.4 Å². The predicted molar refractivity (Wildman–Crippen MR) is 163 cm³/mol. The summed E-state index contributed by atoms with van der Waals surface area (Å²) in [4.78, 5) is 30.4. The van der Waals surface area contributed by atoms with Gasteiger partial charge in [-0.1, -0.05) is 0 Å². The van der Waals surface area contributed by atoms with Crippen LogP contribution >= 0.6 is 0 Å². The number of non-ortho nitro benzene ring substituents is 1. The van der Waals surface area contributed by atoms with Crippen molar-refractivity contribution in [3.8, 4) is 28.7 Å². The van der Waals surface area contributed by atoms with Crippen LogP contribution in [-0.4, -0.2) is 65.8 Å². The fourth-order valence-electron chi connectivity index (χ4n) is 6.19. The van der Waals surface area contributed by atoms with Crippen LogP contribution in [0, 0.1) is 30.3 Å². The molecule has 0 spiro atoms. The highest BCUT2D eigenvalue weighted by molar-refractivity contribution is 6.13. The summed E-state index contributed by atoms with van der Waals surface area (Å²) in [5.74, 6) is 1.82. The van der Waals surface area contributed by atoms with Gasteiger partial charge >= 0.3 is 11.4 Å². The zero-order valence-electron chi connectivity index (χ0n) is 24.9. The molecule has 1 unspecified atom stereocenters. The predicted octanol–water partition coefficient (Wildman–Crippen LogP) is 5.66. The average molecular weight is 623 g/mol. The highest BCUT2D eigenvalue weighted by atomic mass is 16.6. The van der Waals surface area contributed by atoms with E-state index >= 15 is 0 Å². The number of methoxy groups -OCH3 is 4. The van der Waals surface area contributed by atoms with E-state index in [-0.39, 0.29) is 0 Å². The Kier molecular flexibility index (Phi) is 8.46. The second kappa shape index (κ2) is 12.3. The number of nitrogens with zero attached hydrogens (tertiary/aromatic N) is 4. The van der Waals surface area contributed by atoms with Crippen LogP contribution in [0.4, 0.5) is 17.1 Å². The Morgan fingerprint density at radius 3 is 1.56 bits per heavy atom. The third-order valence-electron chi connectivity index (χ3n) is 8.31. The zero-order valence-corrected chi connectivity index (χ0v) is 24.9. The van der Waals surface area contributed by atoms with Gasteiger partial charge in [0, 0.05) is 12.6 Å². The van der Waals surface area contributed by atoms with Gasteiger partial charge in [0.2, 0.25) is 0 Å². The van der Waals surface area contributed by atoms with Crippen molar-refractivity contribution in [2.45, 2.75) is 31.8 Å². The van der Waals surface area contributed by atoms with Crippen LogP contribution in [0.2, 0.25) is 0 Å². The van der Waals surface area contributed by atoms with Gasteiger partial charge in [-0.3, -0.25) is 35.2 Å². The first-order chi connectivity index (χ1) is 21.5. The van der Waals surface area contributed by atoms with Gasteiger partial charge < -0.3 is 24.1 Å². The minimum absolute atomic E-state index is 0.447. The van der Waals surface area contributed by atoms with Gasteiger partial charge in [-0.25, -0.2) is 0 Å². The molecule has 0 bridgehead atoms. The van der Waals surface area contributed by atoms with Gasteiger partial charge in [-0.15, -0.1) is 0 Å². The molecule has 0 aromatic heterocycles. The van der Waals surface area contributed by atoms with Gasteiger partial charge in [0.05, 0.1) is 55.3 Å². The topological polar surface area (TPSA) is 190 Å². The number of benzene rings is 4. The first kappa shape index (κ1) is 31.0. The molecule has 15 heteroatoms. The van der Waals surface area contributed by atoms with E-state index in [1.807, 2.05) is 0 Å². The summed E-state index contributed by atoms with van der Waals surface area (Å²) < 4.78 is 22.5. The van der Waals surface area contributed by atoms with Gasteiger partial charge in [-0.2, -0.15) is 0 Å². The highest BCUT2D eigenvalue weighted by Crippen LogP contribution is 2.46. The number of phenolic OH excluding ortho intramolecular Hbond substituents is 1. The molecular formula is C30H30N4O11. The Balaban J connectivity index is 0.000000213. The normalized spacial score (nSPS) is 15.4. The molecule has 1 atom stereocenters. The van der Waals surface area contributed by atoms with Crippen LogP contribution in [0.3, 0.4) is 0 Å². The van der Waals surface area contributed by atoms with Crippen LogP contribution in [0.25, 0.3) is 21.5 Å². The highest BCUT2D eigenvalue weighted by Gasteiger charge is 2.33. The second-order valence-electron chi connectivity index (χ2n) is 10.5. The van der Waals surface area contributed by atoms with Gasteiger partial charge in [0.15, 0.2) is 23.0 Å². The number of ether oxygens (including phenoxy) is 4. The van der Waals surface area contributed by atoms with Crippen LogP contribution in [0.5, 0.6) is 28.7 Å². The van der Waals surface area contributed by atoms with Crippen molar-refractivity contribution in [2.24, 2.45) is 0 Å². The third-order valence-corrected chi connectivity index (χ3v) is 8.31. The lowest BCUT2D eigenvalue weighted by Crippen LogP contribution is -2.35. The number of hydrogen-bond acceptors (Lipinski definition) is 12. The van der Waals surface area contributed by atoms with Crippen LogP contribution in [-0.2, 0) is 13.0 Å². The molecule has 1 N–H and O–H groups in total. The maximum absolute atomic E-state index is 10.4. The van der Waals surface area contributed by atoms with Crippen molar-refractivity contribution in [3.05, 3.63) is 77.9 Å². The van der Waals surface area contributed by atoms with Crippen molar-refractivity contribution in [1.29, 1.82) is 0 Å². The fraction of sp³-hybridized carbons (Fsp3) is 0.333. The molecule has 2 aliphatic heterocycles. The quantitative estimate of drug-likeness (QED) is 0.151. The summed E-state index contributed by atoms with van der Waals surface area (Å²) in [7, 11) is 6.76. The van der Waals surface area contributed by atoms with Gasteiger partial charge in [0.25, 0.3) is 11.4 Å². The molecule has 1 fully saturated rings. The molecule has 0 saturated carbocycles. The van der Waals surface area contributed by atoms with E-state index in [0.29, 0.717) is 18.2 Å². The summed E-state index contributed by atoms with van der Waals surface area (Å²) in [6.45, 7) is 2.17. The van der Waals surface area contributed by atoms with Crippen LogP contribution in [0.1, 0.15) is 24.0 Å². The minimum atomic E-state index is -1.21. The van der Waals surface area contributed by atoms with Crippen molar-refractivity contribution in [3.63, 3.8) is 0 Å². The Morgan fingerprint density at radius 2 is 1.13 bits per heavy atom. The minimum Gasteiger partial charge on any atom is -0.497 e. The smallest absolute Gasteiger partial charge is 0.324 e. The maximum Gasteiger partial charge on any atom is 0.324 e. The van der Waals surface area contributed by atoms with Gasteiger partial charge in [0.1, 0.15) is 0 Å².